The Morgan fingerprint density at radius 1 is 1.30 bits per heavy atom. The van der Waals surface area contributed by atoms with Gasteiger partial charge in [-0.1, -0.05) is 12.1 Å². The molecule has 0 saturated carbocycles. The highest BCUT2D eigenvalue weighted by atomic mass is 16.3. The fourth-order valence-corrected chi connectivity index (χ4v) is 2.69. The van der Waals surface area contributed by atoms with Gasteiger partial charge in [0.2, 0.25) is 0 Å². The third kappa shape index (κ3) is 2.03. The van der Waals surface area contributed by atoms with Gasteiger partial charge in [-0.2, -0.15) is 0 Å². The number of aromatic hydroxyl groups is 1. The van der Waals surface area contributed by atoms with Crippen LogP contribution in [0.1, 0.15) is 28.0 Å². The van der Waals surface area contributed by atoms with Crippen molar-refractivity contribution < 1.29 is 9.90 Å². The molecular weight excluding hydrogens is 252 g/mol. The van der Waals surface area contributed by atoms with Gasteiger partial charge in [0.25, 0.3) is 5.91 Å². The average Bonchev–Trinajstić information content (AvgIpc) is 2.47. The smallest absolute Gasteiger partial charge is 0.260 e. The molecule has 0 fully saturated rings. The summed E-state index contributed by atoms with van der Waals surface area (Å²) in [6.45, 7) is 2.45. The van der Waals surface area contributed by atoms with Crippen LogP contribution in [-0.4, -0.2) is 22.5 Å². The molecule has 3 rings (SSSR count). The third-order valence-electron chi connectivity index (χ3n) is 3.68. The van der Waals surface area contributed by atoms with Gasteiger partial charge in [0, 0.05) is 18.4 Å². The van der Waals surface area contributed by atoms with Crippen LogP contribution in [0.5, 0.6) is 5.75 Å². The first-order chi connectivity index (χ1) is 9.68. The number of carbonyl (C=O) groups excluding carboxylic acids is 1. The lowest BCUT2D eigenvalue weighted by Crippen LogP contribution is -2.36. The van der Waals surface area contributed by atoms with Crippen molar-refractivity contribution in [3.63, 3.8) is 0 Å². The maximum absolute atomic E-state index is 12.7. The molecule has 1 amide bonds. The van der Waals surface area contributed by atoms with Crippen LogP contribution in [0.15, 0.2) is 36.5 Å². The van der Waals surface area contributed by atoms with Crippen molar-refractivity contribution in [1.82, 2.24) is 4.98 Å². The molecule has 0 spiro atoms. The highest BCUT2D eigenvalue weighted by Crippen LogP contribution is 2.36. The van der Waals surface area contributed by atoms with Crippen LogP contribution < -0.4 is 4.90 Å². The summed E-state index contributed by atoms with van der Waals surface area (Å²) < 4.78 is 0. The van der Waals surface area contributed by atoms with Crippen molar-refractivity contribution in [1.29, 1.82) is 0 Å². The number of phenols is 1. The van der Waals surface area contributed by atoms with Gasteiger partial charge in [-0.05, 0) is 43.5 Å². The molecule has 1 aromatic heterocycles. The summed E-state index contributed by atoms with van der Waals surface area (Å²) in [6, 6.07) is 8.94. The topological polar surface area (TPSA) is 53.4 Å². The Morgan fingerprint density at radius 3 is 2.95 bits per heavy atom. The number of amides is 1. The van der Waals surface area contributed by atoms with E-state index in [9.17, 15) is 9.90 Å². The number of anilines is 1. The fraction of sp³-hybridized carbons (Fsp3) is 0.250. The third-order valence-corrected chi connectivity index (χ3v) is 3.68. The summed E-state index contributed by atoms with van der Waals surface area (Å²) in [6.07, 6.45) is 3.47. The molecule has 1 aromatic carbocycles. The number of aromatic nitrogens is 1. The largest absolute Gasteiger partial charge is 0.506 e. The van der Waals surface area contributed by atoms with Crippen molar-refractivity contribution in [2.45, 2.75) is 19.8 Å². The predicted octanol–water partition coefficient (Wildman–Crippen LogP) is 2.69. The summed E-state index contributed by atoms with van der Waals surface area (Å²) in [7, 11) is 0. The molecule has 4 nitrogen and oxygen atoms in total. The van der Waals surface area contributed by atoms with Gasteiger partial charge >= 0.3 is 0 Å². The lowest BCUT2D eigenvalue weighted by molar-refractivity contribution is 0.0983. The highest BCUT2D eigenvalue weighted by molar-refractivity contribution is 6.08. The first kappa shape index (κ1) is 12.7. The van der Waals surface area contributed by atoms with E-state index in [4.69, 9.17) is 0 Å². The molecule has 0 aliphatic carbocycles. The molecule has 20 heavy (non-hydrogen) atoms. The molecule has 2 aromatic rings. The number of hydrogen-bond donors (Lipinski definition) is 1. The van der Waals surface area contributed by atoms with Crippen LogP contribution in [0.25, 0.3) is 0 Å². The molecule has 102 valence electrons. The van der Waals surface area contributed by atoms with E-state index in [1.54, 1.807) is 29.3 Å². The van der Waals surface area contributed by atoms with E-state index in [2.05, 4.69) is 4.98 Å². The van der Waals surface area contributed by atoms with Crippen LogP contribution in [0.2, 0.25) is 0 Å². The zero-order chi connectivity index (χ0) is 14.1. The van der Waals surface area contributed by atoms with E-state index in [0.717, 1.165) is 18.4 Å². The number of carbonyl (C=O) groups is 1. The molecule has 1 N–H and O–H groups in total. The Morgan fingerprint density at radius 2 is 2.15 bits per heavy atom. The average molecular weight is 268 g/mol. The first-order valence-corrected chi connectivity index (χ1v) is 6.73. The van der Waals surface area contributed by atoms with Crippen molar-refractivity contribution >= 4 is 11.6 Å². The van der Waals surface area contributed by atoms with E-state index in [1.807, 2.05) is 19.1 Å². The molecule has 0 bridgehead atoms. The molecule has 2 heterocycles. The summed E-state index contributed by atoms with van der Waals surface area (Å²) in [5, 5.41) is 10.1. The normalized spacial score (nSPS) is 13.9. The van der Waals surface area contributed by atoms with Crippen LogP contribution in [0.4, 0.5) is 5.69 Å². The highest BCUT2D eigenvalue weighted by Gasteiger charge is 2.27. The number of fused-ring (bicyclic) bond motifs is 1. The van der Waals surface area contributed by atoms with E-state index in [0.29, 0.717) is 23.5 Å². The summed E-state index contributed by atoms with van der Waals surface area (Å²) in [5.74, 6) is 0.0649. The number of hydrogen-bond acceptors (Lipinski definition) is 3. The van der Waals surface area contributed by atoms with E-state index >= 15 is 0 Å². The second-order valence-electron chi connectivity index (χ2n) is 4.98. The van der Waals surface area contributed by atoms with Gasteiger partial charge in [-0.25, -0.2) is 0 Å². The molecule has 0 atom stereocenters. The van der Waals surface area contributed by atoms with Crippen LogP contribution in [-0.2, 0) is 6.42 Å². The van der Waals surface area contributed by atoms with Gasteiger partial charge in [-0.3, -0.25) is 9.78 Å². The maximum Gasteiger partial charge on any atom is 0.260 e. The Balaban J connectivity index is 2.05. The zero-order valence-electron chi connectivity index (χ0n) is 11.3. The fourth-order valence-electron chi connectivity index (χ4n) is 2.69. The van der Waals surface area contributed by atoms with Crippen molar-refractivity contribution in [3.8, 4) is 5.75 Å². The number of phenolic OH excluding ortho intramolecular Hbond substituents is 1. The molecule has 0 radical (unpaired) electrons. The van der Waals surface area contributed by atoms with E-state index in [1.165, 1.54) is 0 Å². The standard InChI is InChI=1S/C16H16N2O2/c1-11-13(7-3-9-17-11)16(20)18-10-4-6-12-5-2-8-14(19)15(12)18/h2-3,5,7-9,19H,4,6,10H2,1H3. The Bertz CT molecular complexity index is 667. The second-order valence-corrected chi connectivity index (χ2v) is 4.98. The molecular formula is C16H16N2O2. The number of pyridine rings is 1. The van der Waals surface area contributed by atoms with Gasteiger partial charge in [0.1, 0.15) is 5.75 Å². The van der Waals surface area contributed by atoms with Gasteiger partial charge in [0.15, 0.2) is 0 Å². The summed E-state index contributed by atoms with van der Waals surface area (Å²) in [5.41, 5.74) is 2.96. The quantitative estimate of drug-likeness (QED) is 0.865. The van der Waals surface area contributed by atoms with Gasteiger partial charge < -0.3 is 10.0 Å². The number of nitrogens with zero attached hydrogens (tertiary/aromatic N) is 2. The first-order valence-electron chi connectivity index (χ1n) is 6.73. The van der Waals surface area contributed by atoms with Crippen molar-refractivity contribution in [2.24, 2.45) is 0 Å². The molecule has 0 unspecified atom stereocenters. The zero-order valence-corrected chi connectivity index (χ0v) is 11.3. The minimum atomic E-state index is -0.0990. The molecule has 1 aliphatic heterocycles. The lowest BCUT2D eigenvalue weighted by Gasteiger charge is -2.30. The van der Waals surface area contributed by atoms with Gasteiger partial charge in [-0.15, -0.1) is 0 Å². The molecule has 4 heteroatoms. The molecule has 0 saturated heterocycles. The lowest BCUT2D eigenvalue weighted by atomic mass is 10.00. The number of aryl methyl sites for hydroxylation is 2. The Labute approximate surface area is 117 Å². The van der Waals surface area contributed by atoms with Crippen molar-refractivity contribution in [3.05, 3.63) is 53.3 Å². The van der Waals surface area contributed by atoms with Crippen LogP contribution >= 0.6 is 0 Å². The van der Waals surface area contributed by atoms with Crippen LogP contribution in [0.3, 0.4) is 0 Å². The summed E-state index contributed by atoms with van der Waals surface area (Å²) in [4.78, 5) is 18.5. The Hall–Kier alpha value is -2.36. The van der Waals surface area contributed by atoms with E-state index in [-0.39, 0.29) is 11.7 Å². The number of rotatable bonds is 1. The minimum Gasteiger partial charge on any atom is -0.506 e. The molecule has 1 aliphatic rings. The second kappa shape index (κ2) is 4.96. The van der Waals surface area contributed by atoms with Crippen LogP contribution in [0, 0.1) is 6.92 Å². The minimum absolute atomic E-state index is 0.0990. The predicted molar refractivity (Wildman–Crippen MR) is 77.1 cm³/mol. The maximum atomic E-state index is 12.7. The Kier molecular flexibility index (Phi) is 3.14. The SMILES string of the molecule is Cc1ncccc1C(=O)N1CCCc2cccc(O)c21. The van der Waals surface area contributed by atoms with E-state index < -0.39 is 0 Å². The number of para-hydroxylation sites is 1. The number of benzene rings is 1. The monoisotopic (exact) mass is 268 g/mol. The summed E-state index contributed by atoms with van der Waals surface area (Å²) >= 11 is 0. The van der Waals surface area contributed by atoms with Crippen molar-refractivity contribution in [2.75, 3.05) is 11.4 Å². The van der Waals surface area contributed by atoms with Gasteiger partial charge in [0.05, 0.1) is 11.3 Å².